The van der Waals surface area contributed by atoms with Gasteiger partial charge in [0.2, 0.25) is 5.79 Å². The molecule has 0 saturated carbocycles. The molecule has 31 heavy (non-hydrogen) atoms. The number of hydrogen-bond donors (Lipinski definition) is 2. The molecule has 8 heteroatoms. The van der Waals surface area contributed by atoms with E-state index in [1.165, 1.54) is 12.1 Å². The number of alkyl halides is 3. The Morgan fingerprint density at radius 1 is 1.10 bits per heavy atom. The summed E-state index contributed by atoms with van der Waals surface area (Å²) in [5.74, 6) is -1.19. The summed E-state index contributed by atoms with van der Waals surface area (Å²) < 4.78 is 43.3. The molecule has 1 saturated heterocycles. The smallest absolute Gasteiger partial charge is 0.416 e. The van der Waals surface area contributed by atoms with Gasteiger partial charge < -0.3 is 9.84 Å². The van der Waals surface area contributed by atoms with Crippen LogP contribution in [-0.4, -0.2) is 35.0 Å². The van der Waals surface area contributed by atoms with Crippen molar-refractivity contribution in [3.63, 3.8) is 0 Å². The fraction of sp³-hybridized carbons (Fsp3) is 0.435. The second-order valence-electron chi connectivity index (χ2n) is 8.21. The number of hydrogen-bond acceptors (Lipinski definition) is 4. The molecule has 0 aromatic heterocycles. The molecule has 3 rings (SSSR count). The van der Waals surface area contributed by atoms with E-state index in [2.05, 4.69) is 19.2 Å². The fourth-order valence-electron chi connectivity index (χ4n) is 3.49. The Hall–Kier alpha value is -2.58. The number of nitrogens with one attached hydrogen (secondary N) is 1. The number of carbonyl (C=O) groups excluding carboxylic acids is 1. The number of likely N-dealkylation sites (tertiary alicyclic amines) is 1. The minimum absolute atomic E-state index is 0.216. The van der Waals surface area contributed by atoms with Crippen molar-refractivity contribution in [2.45, 2.75) is 51.1 Å². The first kappa shape index (κ1) is 23.1. The molecular formula is C23H27F3N2O3. The molecule has 2 aromatic carbocycles. The molecule has 0 bridgehead atoms. The summed E-state index contributed by atoms with van der Waals surface area (Å²) in [6, 6.07) is 12.5. The topological polar surface area (TPSA) is 61.8 Å². The molecule has 0 radical (unpaired) electrons. The maximum absolute atomic E-state index is 12.7. The zero-order chi connectivity index (χ0) is 22.6. The van der Waals surface area contributed by atoms with Gasteiger partial charge in [0.25, 0.3) is 0 Å². The number of anilines is 1. The van der Waals surface area contributed by atoms with E-state index in [4.69, 9.17) is 4.74 Å². The molecule has 0 unspecified atom stereocenters. The first-order valence-corrected chi connectivity index (χ1v) is 10.2. The number of halogens is 3. The molecule has 0 atom stereocenters. The predicted octanol–water partition coefficient (Wildman–Crippen LogP) is 5.36. The quantitative estimate of drug-likeness (QED) is 0.620. The third-order valence-corrected chi connectivity index (χ3v) is 5.43. The average Bonchev–Trinajstić information content (AvgIpc) is 2.70. The molecule has 1 heterocycles. The lowest BCUT2D eigenvalue weighted by Crippen LogP contribution is -2.47. The number of benzene rings is 2. The Balaban J connectivity index is 1.48. The molecular weight excluding hydrogens is 409 g/mol. The highest BCUT2D eigenvalue weighted by molar-refractivity contribution is 5.84. The van der Waals surface area contributed by atoms with Crippen LogP contribution in [0.15, 0.2) is 48.5 Å². The summed E-state index contributed by atoms with van der Waals surface area (Å²) >= 11 is 0. The van der Waals surface area contributed by atoms with Gasteiger partial charge in [-0.2, -0.15) is 13.2 Å². The third-order valence-electron chi connectivity index (χ3n) is 5.43. The standard InChI is InChI=1S/C23H27F3N2O3/c1-16(2)18-5-9-20(10-6-18)27-21(29)31-22(30)11-13-28(14-12-22)15-17-3-7-19(8-4-17)23(24,25)26/h3-10,16,30H,11-15H2,1-2H3,(H,27,29). The number of nitrogens with zero attached hydrogens (tertiary/aromatic N) is 1. The summed E-state index contributed by atoms with van der Waals surface area (Å²) in [4.78, 5) is 14.2. The highest BCUT2D eigenvalue weighted by Crippen LogP contribution is 2.30. The van der Waals surface area contributed by atoms with Crippen LogP contribution in [0.5, 0.6) is 0 Å². The van der Waals surface area contributed by atoms with E-state index in [1.807, 2.05) is 17.0 Å². The van der Waals surface area contributed by atoms with Crippen LogP contribution in [0.25, 0.3) is 0 Å². The van der Waals surface area contributed by atoms with Crippen LogP contribution in [0, 0.1) is 0 Å². The molecule has 2 aromatic rings. The lowest BCUT2D eigenvalue weighted by atomic mass is 10.0. The van der Waals surface area contributed by atoms with Gasteiger partial charge in [0.05, 0.1) is 5.56 Å². The van der Waals surface area contributed by atoms with Crippen LogP contribution in [0.2, 0.25) is 0 Å². The van der Waals surface area contributed by atoms with Crippen molar-refractivity contribution >= 4 is 11.8 Å². The van der Waals surface area contributed by atoms with Gasteiger partial charge in [0.1, 0.15) is 0 Å². The Kier molecular flexibility index (Phi) is 6.91. The second kappa shape index (κ2) is 9.28. The van der Waals surface area contributed by atoms with E-state index in [0.717, 1.165) is 23.3 Å². The van der Waals surface area contributed by atoms with Crippen molar-refractivity contribution in [2.24, 2.45) is 0 Å². The highest BCUT2D eigenvalue weighted by Gasteiger charge is 2.36. The van der Waals surface area contributed by atoms with Gasteiger partial charge in [-0.05, 0) is 41.3 Å². The van der Waals surface area contributed by atoms with Gasteiger partial charge in [-0.15, -0.1) is 0 Å². The van der Waals surface area contributed by atoms with Crippen LogP contribution in [0.3, 0.4) is 0 Å². The Morgan fingerprint density at radius 2 is 1.68 bits per heavy atom. The monoisotopic (exact) mass is 436 g/mol. The summed E-state index contributed by atoms with van der Waals surface area (Å²) in [5, 5.41) is 13.2. The number of aliphatic hydroxyl groups is 1. The number of carbonyl (C=O) groups is 1. The van der Waals surface area contributed by atoms with E-state index in [1.54, 1.807) is 12.1 Å². The second-order valence-corrected chi connectivity index (χ2v) is 8.21. The fourth-order valence-corrected chi connectivity index (χ4v) is 3.49. The SMILES string of the molecule is CC(C)c1ccc(NC(=O)OC2(O)CCN(Cc3ccc(C(F)(F)F)cc3)CC2)cc1. The summed E-state index contributed by atoms with van der Waals surface area (Å²) in [7, 11) is 0. The van der Waals surface area contributed by atoms with Crippen molar-refractivity contribution in [1.82, 2.24) is 4.90 Å². The zero-order valence-electron chi connectivity index (χ0n) is 17.6. The summed E-state index contributed by atoms with van der Waals surface area (Å²) in [6.07, 6.45) is -4.65. The minimum atomic E-state index is -4.35. The van der Waals surface area contributed by atoms with E-state index in [9.17, 15) is 23.1 Å². The average molecular weight is 436 g/mol. The van der Waals surface area contributed by atoms with Gasteiger partial charge in [-0.25, -0.2) is 4.79 Å². The molecule has 1 fully saturated rings. The summed E-state index contributed by atoms with van der Waals surface area (Å²) in [5.41, 5.74) is 1.81. The number of rotatable bonds is 5. The molecule has 168 valence electrons. The largest absolute Gasteiger partial charge is 0.417 e. The Bertz CT molecular complexity index is 872. The minimum Gasteiger partial charge on any atom is -0.417 e. The Morgan fingerprint density at radius 3 is 2.19 bits per heavy atom. The molecule has 1 aliphatic heterocycles. The number of ether oxygens (including phenoxy) is 1. The zero-order valence-corrected chi connectivity index (χ0v) is 17.6. The lowest BCUT2D eigenvalue weighted by molar-refractivity contribution is -0.186. The molecule has 1 amide bonds. The predicted molar refractivity (Wildman–Crippen MR) is 112 cm³/mol. The van der Waals surface area contributed by atoms with Crippen molar-refractivity contribution in [3.8, 4) is 0 Å². The highest BCUT2D eigenvalue weighted by atomic mass is 19.4. The number of amides is 1. The van der Waals surface area contributed by atoms with Crippen molar-refractivity contribution < 1.29 is 27.8 Å². The molecule has 0 spiro atoms. The molecule has 1 aliphatic rings. The first-order valence-electron chi connectivity index (χ1n) is 10.2. The normalized spacial score (nSPS) is 16.9. The van der Waals surface area contributed by atoms with Crippen LogP contribution in [-0.2, 0) is 17.5 Å². The van der Waals surface area contributed by atoms with Gasteiger partial charge in [-0.3, -0.25) is 10.2 Å². The van der Waals surface area contributed by atoms with Crippen LogP contribution in [0.4, 0.5) is 23.7 Å². The van der Waals surface area contributed by atoms with Crippen molar-refractivity contribution in [2.75, 3.05) is 18.4 Å². The van der Waals surface area contributed by atoms with Crippen molar-refractivity contribution in [1.29, 1.82) is 0 Å². The van der Waals surface area contributed by atoms with E-state index in [-0.39, 0.29) is 12.8 Å². The van der Waals surface area contributed by atoms with Gasteiger partial charge in [0.15, 0.2) is 0 Å². The van der Waals surface area contributed by atoms with Gasteiger partial charge in [0, 0.05) is 38.2 Å². The van der Waals surface area contributed by atoms with Crippen LogP contribution < -0.4 is 5.32 Å². The summed E-state index contributed by atoms with van der Waals surface area (Å²) in [6.45, 7) is 5.52. The number of piperidine rings is 1. The van der Waals surface area contributed by atoms with E-state index in [0.29, 0.717) is 31.2 Å². The molecule has 2 N–H and O–H groups in total. The first-order chi connectivity index (χ1) is 14.5. The molecule has 0 aliphatic carbocycles. The van der Waals surface area contributed by atoms with Gasteiger partial charge >= 0.3 is 12.3 Å². The lowest BCUT2D eigenvalue weighted by Gasteiger charge is -2.37. The Labute approximate surface area is 179 Å². The molecule has 5 nitrogen and oxygen atoms in total. The van der Waals surface area contributed by atoms with E-state index < -0.39 is 23.6 Å². The van der Waals surface area contributed by atoms with Crippen LogP contribution in [0.1, 0.15) is 49.3 Å². The van der Waals surface area contributed by atoms with Crippen LogP contribution >= 0.6 is 0 Å². The van der Waals surface area contributed by atoms with E-state index >= 15 is 0 Å². The maximum Gasteiger partial charge on any atom is 0.416 e. The maximum atomic E-state index is 12.7. The van der Waals surface area contributed by atoms with Crippen molar-refractivity contribution in [3.05, 3.63) is 65.2 Å². The van der Waals surface area contributed by atoms with Gasteiger partial charge in [-0.1, -0.05) is 38.1 Å². The third kappa shape index (κ3) is 6.45.